The Labute approximate surface area is 117 Å². The Morgan fingerprint density at radius 1 is 1.37 bits per heavy atom. The molecule has 0 aliphatic carbocycles. The summed E-state index contributed by atoms with van der Waals surface area (Å²) < 4.78 is 2.01. The van der Waals surface area contributed by atoms with Gasteiger partial charge in [-0.25, -0.2) is 0 Å². The number of rotatable bonds is 4. The zero-order chi connectivity index (χ0) is 14.0. The molecule has 2 unspecified atom stereocenters. The topological polar surface area (TPSA) is 33.1 Å². The zero-order valence-corrected chi connectivity index (χ0v) is 13.0. The van der Waals surface area contributed by atoms with Gasteiger partial charge in [0.1, 0.15) is 0 Å². The molecular weight excluding hydrogens is 236 g/mol. The van der Waals surface area contributed by atoms with Gasteiger partial charge in [0.15, 0.2) is 0 Å². The number of hydrogen-bond donors (Lipinski definition) is 1. The Morgan fingerprint density at radius 2 is 2.11 bits per heavy atom. The molecule has 1 aromatic rings. The maximum atomic E-state index is 4.57. The minimum absolute atomic E-state index is 0.465. The number of nitrogens with one attached hydrogen (secondary N) is 1. The fraction of sp³-hybridized carbons (Fsp3) is 0.800. The van der Waals surface area contributed by atoms with Crippen LogP contribution >= 0.6 is 0 Å². The van der Waals surface area contributed by atoms with Crippen molar-refractivity contribution in [2.24, 2.45) is 7.05 Å². The van der Waals surface area contributed by atoms with Gasteiger partial charge in [-0.05, 0) is 47.2 Å². The molecule has 0 radical (unpaired) electrons. The van der Waals surface area contributed by atoms with E-state index in [1.165, 1.54) is 42.8 Å². The van der Waals surface area contributed by atoms with E-state index in [1.54, 1.807) is 0 Å². The molecule has 1 aliphatic rings. The summed E-state index contributed by atoms with van der Waals surface area (Å²) >= 11 is 0. The van der Waals surface area contributed by atoms with Crippen LogP contribution in [0.3, 0.4) is 0 Å². The average molecular weight is 264 g/mol. The normalized spacial score (nSPS) is 22.7. The fourth-order valence-corrected chi connectivity index (χ4v) is 3.55. The van der Waals surface area contributed by atoms with E-state index in [-0.39, 0.29) is 0 Å². The van der Waals surface area contributed by atoms with E-state index in [9.17, 15) is 0 Å². The molecule has 0 spiro atoms. The maximum Gasteiger partial charge on any atom is 0.0644 e. The molecule has 4 nitrogen and oxygen atoms in total. The molecule has 1 saturated heterocycles. The first-order chi connectivity index (χ1) is 9.06. The van der Waals surface area contributed by atoms with Crippen molar-refractivity contribution in [2.45, 2.75) is 52.1 Å². The highest BCUT2D eigenvalue weighted by molar-refractivity contribution is 5.28. The zero-order valence-electron chi connectivity index (χ0n) is 13.0. The molecule has 4 heteroatoms. The van der Waals surface area contributed by atoms with Crippen LogP contribution in [-0.4, -0.2) is 40.9 Å². The first kappa shape index (κ1) is 14.5. The number of hydrogen-bond acceptors (Lipinski definition) is 3. The molecule has 1 fully saturated rings. The molecule has 0 bridgehead atoms. The monoisotopic (exact) mass is 264 g/mol. The number of aromatic nitrogens is 2. The van der Waals surface area contributed by atoms with E-state index in [0.717, 1.165) is 6.54 Å². The van der Waals surface area contributed by atoms with Gasteiger partial charge in [0.05, 0.1) is 5.69 Å². The highest BCUT2D eigenvalue weighted by Gasteiger charge is 2.29. The van der Waals surface area contributed by atoms with Gasteiger partial charge in [0.2, 0.25) is 0 Å². The predicted octanol–water partition coefficient (Wildman–Crippen LogP) is 2.17. The van der Waals surface area contributed by atoms with Gasteiger partial charge in [-0.2, -0.15) is 5.10 Å². The minimum Gasteiger partial charge on any atom is -0.318 e. The van der Waals surface area contributed by atoms with Gasteiger partial charge in [0.25, 0.3) is 0 Å². The standard InChI is InChI=1S/C15H28N4/c1-11-15(12(2)18(5)17-11)13(3)19-9-7-6-8-14(19)10-16-4/h13-14,16H,6-10H2,1-5H3. The van der Waals surface area contributed by atoms with Crippen molar-refractivity contribution in [2.75, 3.05) is 20.1 Å². The summed E-state index contributed by atoms with van der Waals surface area (Å²) in [5.41, 5.74) is 3.91. The third-order valence-corrected chi connectivity index (χ3v) is 4.59. The van der Waals surface area contributed by atoms with Gasteiger partial charge in [-0.15, -0.1) is 0 Å². The van der Waals surface area contributed by atoms with Crippen LogP contribution in [0.1, 0.15) is 49.2 Å². The van der Waals surface area contributed by atoms with E-state index in [2.05, 4.69) is 43.1 Å². The number of likely N-dealkylation sites (N-methyl/N-ethyl adjacent to an activating group) is 1. The van der Waals surface area contributed by atoms with Crippen LogP contribution in [0.15, 0.2) is 0 Å². The van der Waals surface area contributed by atoms with Crippen LogP contribution < -0.4 is 5.32 Å². The summed E-state index contributed by atoms with van der Waals surface area (Å²) in [5.74, 6) is 0. The predicted molar refractivity (Wildman–Crippen MR) is 79.4 cm³/mol. The van der Waals surface area contributed by atoms with Crippen LogP contribution in [0.4, 0.5) is 0 Å². The second kappa shape index (κ2) is 6.06. The SMILES string of the molecule is CNCC1CCCCN1C(C)c1c(C)nn(C)c1C. The number of piperidine rings is 1. The van der Waals surface area contributed by atoms with Gasteiger partial charge < -0.3 is 5.32 Å². The van der Waals surface area contributed by atoms with E-state index in [4.69, 9.17) is 0 Å². The molecule has 1 aromatic heterocycles. The Hall–Kier alpha value is -0.870. The van der Waals surface area contributed by atoms with Crippen LogP contribution in [0.2, 0.25) is 0 Å². The lowest BCUT2D eigenvalue weighted by Gasteiger charge is -2.40. The summed E-state index contributed by atoms with van der Waals surface area (Å²) in [6.45, 7) is 8.95. The Balaban J connectivity index is 2.23. The average Bonchev–Trinajstić information content (AvgIpc) is 2.64. The quantitative estimate of drug-likeness (QED) is 0.905. The van der Waals surface area contributed by atoms with E-state index < -0.39 is 0 Å². The highest BCUT2D eigenvalue weighted by Crippen LogP contribution is 2.31. The highest BCUT2D eigenvalue weighted by atomic mass is 15.3. The number of aryl methyl sites for hydroxylation is 2. The Morgan fingerprint density at radius 3 is 2.68 bits per heavy atom. The summed E-state index contributed by atoms with van der Waals surface area (Å²) in [7, 11) is 4.10. The lowest BCUT2D eigenvalue weighted by atomic mass is 9.96. The maximum absolute atomic E-state index is 4.57. The first-order valence-electron chi connectivity index (χ1n) is 7.46. The third-order valence-electron chi connectivity index (χ3n) is 4.59. The molecule has 2 rings (SSSR count). The summed E-state index contributed by atoms with van der Waals surface area (Å²) in [6, 6.07) is 1.13. The largest absolute Gasteiger partial charge is 0.318 e. The van der Waals surface area contributed by atoms with Crippen molar-refractivity contribution < 1.29 is 0 Å². The summed E-state index contributed by atoms with van der Waals surface area (Å²) in [5, 5.41) is 7.92. The van der Waals surface area contributed by atoms with Crippen molar-refractivity contribution >= 4 is 0 Å². The molecule has 2 heterocycles. The van der Waals surface area contributed by atoms with Crippen molar-refractivity contribution in [3.63, 3.8) is 0 Å². The van der Waals surface area contributed by atoms with E-state index >= 15 is 0 Å². The van der Waals surface area contributed by atoms with Crippen molar-refractivity contribution in [3.8, 4) is 0 Å². The van der Waals surface area contributed by atoms with Crippen molar-refractivity contribution in [3.05, 3.63) is 17.0 Å². The minimum atomic E-state index is 0.465. The summed E-state index contributed by atoms with van der Waals surface area (Å²) in [4.78, 5) is 2.66. The molecule has 0 aromatic carbocycles. The fourth-order valence-electron chi connectivity index (χ4n) is 3.55. The number of likely N-dealkylation sites (tertiary alicyclic amines) is 1. The van der Waals surface area contributed by atoms with E-state index in [0.29, 0.717) is 12.1 Å². The molecular formula is C15H28N4. The Kier molecular flexibility index (Phi) is 4.63. The molecule has 0 saturated carbocycles. The van der Waals surface area contributed by atoms with Crippen LogP contribution in [0.25, 0.3) is 0 Å². The molecule has 19 heavy (non-hydrogen) atoms. The van der Waals surface area contributed by atoms with E-state index in [1.807, 2.05) is 11.7 Å². The number of nitrogens with zero attached hydrogens (tertiary/aromatic N) is 3. The van der Waals surface area contributed by atoms with Crippen LogP contribution in [-0.2, 0) is 7.05 Å². The van der Waals surface area contributed by atoms with Crippen LogP contribution in [0.5, 0.6) is 0 Å². The van der Waals surface area contributed by atoms with Crippen molar-refractivity contribution in [1.82, 2.24) is 20.0 Å². The van der Waals surface area contributed by atoms with Gasteiger partial charge in [-0.3, -0.25) is 9.58 Å². The smallest absolute Gasteiger partial charge is 0.0644 e. The first-order valence-corrected chi connectivity index (χ1v) is 7.46. The molecule has 1 aliphatic heterocycles. The molecule has 108 valence electrons. The lowest BCUT2D eigenvalue weighted by Crippen LogP contribution is -2.46. The second-order valence-corrected chi connectivity index (χ2v) is 5.83. The third kappa shape index (κ3) is 2.84. The lowest BCUT2D eigenvalue weighted by molar-refractivity contribution is 0.102. The van der Waals surface area contributed by atoms with Crippen LogP contribution in [0, 0.1) is 13.8 Å². The Bertz CT molecular complexity index is 422. The summed E-state index contributed by atoms with van der Waals surface area (Å²) in [6.07, 6.45) is 3.99. The second-order valence-electron chi connectivity index (χ2n) is 5.83. The van der Waals surface area contributed by atoms with Gasteiger partial charge >= 0.3 is 0 Å². The molecule has 0 amide bonds. The van der Waals surface area contributed by atoms with Gasteiger partial charge in [-0.1, -0.05) is 6.42 Å². The molecule has 2 atom stereocenters. The molecule has 1 N–H and O–H groups in total. The van der Waals surface area contributed by atoms with Crippen molar-refractivity contribution in [1.29, 1.82) is 0 Å². The van der Waals surface area contributed by atoms with Gasteiger partial charge in [0, 0.05) is 36.9 Å².